The van der Waals surface area contributed by atoms with E-state index in [2.05, 4.69) is 22.5 Å². The lowest BCUT2D eigenvalue weighted by molar-refractivity contribution is 0.0711. The van der Waals surface area contributed by atoms with Crippen molar-refractivity contribution in [2.24, 2.45) is 10.4 Å². The predicted octanol–water partition coefficient (Wildman–Crippen LogP) is 3.11. The summed E-state index contributed by atoms with van der Waals surface area (Å²) < 4.78 is 5.31. The number of methoxy groups -OCH3 is 1. The Morgan fingerprint density at radius 1 is 1.40 bits per heavy atom. The van der Waals surface area contributed by atoms with Crippen LogP contribution in [0.4, 0.5) is 0 Å². The number of nitrogens with one attached hydrogen (secondary N) is 2. The summed E-state index contributed by atoms with van der Waals surface area (Å²) in [7, 11) is 1.77. The number of guanidine groups is 1. The van der Waals surface area contributed by atoms with E-state index in [4.69, 9.17) is 4.74 Å². The van der Waals surface area contributed by atoms with Gasteiger partial charge >= 0.3 is 0 Å². The smallest absolute Gasteiger partial charge is 0.191 e. The molecule has 1 heterocycles. The van der Waals surface area contributed by atoms with Gasteiger partial charge in [0.05, 0.1) is 6.54 Å². The molecule has 0 radical (unpaired) electrons. The summed E-state index contributed by atoms with van der Waals surface area (Å²) in [6.45, 7) is 6.74. The Hall–Kier alpha value is -1.11. The third-order valence-corrected chi connectivity index (χ3v) is 6.20. The predicted molar refractivity (Wildman–Crippen MR) is 105 cm³/mol. The molecule has 2 rings (SSSR count). The van der Waals surface area contributed by atoms with Gasteiger partial charge in [0.25, 0.3) is 0 Å². The number of rotatable bonds is 9. The van der Waals surface area contributed by atoms with Crippen molar-refractivity contribution in [3.8, 4) is 0 Å². The second-order valence-electron chi connectivity index (χ2n) is 7.25. The Balaban J connectivity index is 1.97. The normalized spacial score (nSPS) is 19.6. The monoisotopic (exact) mass is 367 g/mol. The third kappa shape index (κ3) is 5.97. The lowest BCUT2D eigenvalue weighted by Gasteiger charge is -2.30. The van der Waals surface area contributed by atoms with Gasteiger partial charge in [-0.25, -0.2) is 4.99 Å². The van der Waals surface area contributed by atoms with E-state index in [-0.39, 0.29) is 0 Å². The van der Waals surface area contributed by atoms with Gasteiger partial charge in [-0.3, -0.25) is 0 Å². The number of aliphatic hydroxyl groups is 1. The summed E-state index contributed by atoms with van der Waals surface area (Å²) in [5.74, 6) is 0.781. The second kappa shape index (κ2) is 9.55. The van der Waals surface area contributed by atoms with Gasteiger partial charge in [-0.05, 0) is 50.0 Å². The molecule has 1 aliphatic carbocycles. The fourth-order valence-corrected chi connectivity index (χ4v) is 4.25. The highest BCUT2D eigenvalue weighted by Crippen LogP contribution is 2.40. The van der Waals surface area contributed by atoms with E-state index < -0.39 is 5.60 Å². The molecule has 5 nitrogen and oxygen atoms in total. The number of hydrogen-bond donors (Lipinski definition) is 3. The zero-order valence-electron chi connectivity index (χ0n) is 15.8. The van der Waals surface area contributed by atoms with Crippen molar-refractivity contribution in [2.75, 3.05) is 33.4 Å². The molecule has 25 heavy (non-hydrogen) atoms. The highest BCUT2D eigenvalue weighted by Gasteiger charge is 2.33. The van der Waals surface area contributed by atoms with Gasteiger partial charge in [0, 0.05) is 31.7 Å². The molecule has 1 aromatic rings. The van der Waals surface area contributed by atoms with Gasteiger partial charge in [0.1, 0.15) is 5.60 Å². The summed E-state index contributed by atoms with van der Waals surface area (Å²) in [5, 5.41) is 19.5. The molecule has 1 fully saturated rings. The average Bonchev–Trinajstić information content (AvgIpc) is 3.28. The zero-order chi connectivity index (χ0) is 18.2. The van der Waals surface area contributed by atoms with Crippen LogP contribution in [0.1, 0.15) is 50.8 Å². The molecule has 0 saturated heterocycles. The van der Waals surface area contributed by atoms with Gasteiger partial charge in [-0.1, -0.05) is 18.9 Å². The van der Waals surface area contributed by atoms with Crippen LogP contribution in [-0.2, 0) is 10.3 Å². The van der Waals surface area contributed by atoms with E-state index in [9.17, 15) is 5.11 Å². The van der Waals surface area contributed by atoms with Crippen LogP contribution in [0.5, 0.6) is 0 Å². The highest BCUT2D eigenvalue weighted by atomic mass is 32.1. The average molecular weight is 368 g/mol. The van der Waals surface area contributed by atoms with Crippen molar-refractivity contribution in [1.29, 1.82) is 0 Å². The van der Waals surface area contributed by atoms with Crippen molar-refractivity contribution < 1.29 is 9.84 Å². The molecule has 1 saturated carbocycles. The van der Waals surface area contributed by atoms with E-state index in [1.165, 1.54) is 25.7 Å². The fourth-order valence-electron chi connectivity index (χ4n) is 3.47. The Morgan fingerprint density at radius 3 is 2.76 bits per heavy atom. The maximum absolute atomic E-state index is 10.7. The summed E-state index contributed by atoms with van der Waals surface area (Å²) in [6.07, 6.45) is 6.17. The molecule has 1 atom stereocenters. The van der Waals surface area contributed by atoms with E-state index in [1.807, 2.05) is 24.4 Å². The Kier molecular flexibility index (Phi) is 7.72. The molecular formula is C19H33N3O2S. The minimum Gasteiger partial charge on any atom is -0.385 e. The Bertz CT molecular complexity index is 523. The highest BCUT2D eigenvalue weighted by molar-refractivity contribution is 7.10. The molecule has 0 spiro atoms. The van der Waals surface area contributed by atoms with Crippen LogP contribution >= 0.6 is 11.3 Å². The Morgan fingerprint density at radius 2 is 2.16 bits per heavy atom. The first kappa shape index (κ1) is 20.2. The van der Waals surface area contributed by atoms with Crippen LogP contribution in [0.15, 0.2) is 22.5 Å². The summed E-state index contributed by atoms with van der Waals surface area (Å²) in [6, 6.07) is 3.92. The quantitative estimate of drug-likeness (QED) is 0.463. The molecule has 0 aromatic carbocycles. The first-order valence-corrected chi connectivity index (χ1v) is 10.2. The standard InChI is InChI=1S/C19H33N3O2S/c1-4-20-17(21-14-18(2,23)16-8-7-13-25-16)22-15-19(11-12-24-3)9-5-6-10-19/h7-8,13,23H,4-6,9-12,14-15H2,1-3H3,(H2,20,21,22). The van der Waals surface area contributed by atoms with Crippen molar-refractivity contribution >= 4 is 17.3 Å². The maximum atomic E-state index is 10.7. The minimum absolute atomic E-state index is 0.308. The lowest BCUT2D eigenvalue weighted by atomic mass is 9.83. The van der Waals surface area contributed by atoms with Crippen LogP contribution in [0, 0.1) is 5.41 Å². The number of ether oxygens (including phenoxy) is 1. The van der Waals surface area contributed by atoms with Gasteiger partial charge in [-0.15, -0.1) is 11.3 Å². The lowest BCUT2D eigenvalue weighted by Crippen LogP contribution is -2.44. The van der Waals surface area contributed by atoms with Crippen LogP contribution in [0.3, 0.4) is 0 Å². The summed E-state index contributed by atoms with van der Waals surface area (Å²) in [4.78, 5) is 5.58. The van der Waals surface area contributed by atoms with Gasteiger partial charge in [-0.2, -0.15) is 0 Å². The van der Waals surface area contributed by atoms with Crippen molar-refractivity contribution in [1.82, 2.24) is 10.6 Å². The molecule has 0 aliphatic heterocycles. The maximum Gasteiger partial charge on any atom is 0.191 e. The molecule has 0 bridgehead atoms. The van der Waals surface area contributed by atoms with E-state index in [1.54, 1.807) is 18.4 Å². The van der Waals surface area contributed by atoms with Crippen molar-refractivity contribution in [2.45, 2.75) is 51.6 Å². The molecule has 6 heteroatoms. The number of nitrogens with zero attached hydrogens (tertiary/aromatic N) is 1. The molecular weight excluding hydrogens is 334 g/mol. The fraction of sp³-hybridized carbons (Fsp3) is 0.737. The molecule has 1 aliphatic rings. The van der Waals surface area contributed by atoms with E-state index in [0.29, 0.717) is 12.0 Å². The third-order valence-electron chi connectivity index (χ3n) is 5.07. The first-order valence-electron chi connectivity index (χ1n) is 9.29. The van der Waals surface area contributed by atoms with Crippen LogP contribution < -0.4 is 10.6 Å². The largest absolute Gasteiger partial charge is 0.385 e. The Labute approximate surface area is 155 Å². The van der Waals surface area contributed by atoms with Gasteiger partial charge < -0.3 is 20.5 Å². The molecule has 3 N–H and O–H groups in total. The number of aliphatic imine (C=N–C) groups is 1. The van der Waals surface area contributed by atoms with Crippen LogP contribution in [-0.4, -0.2) is 44.4 Å². The number of hydrogen-bond acceptors (Lipinski definition) is 4. The van der Waals surface area contributed by atoms with E-state index in [0.717, 1.165) is 37.0 Å². The molecule has 0 amide bonds. The summed E-state index contributed by atoms with van der Waals surface area (Å²) >= 11 is 1.56. The minimum atomic E-state index is -0.933. The topological polar surface area (TPSA) is 65.9 Å². The number of thiophene rings is 1. The second-order valence-corrected chi connectivity index (χ2v) is 8.20. The summed E-state index contributed by atoms with van der Waals surface area (Å²) in [5.41, 5.74) is -0.625. The van der Waals surface area contributed by atoms with Crippen molar-refractivity contribution in [3.05, 3.63) is 22.4 Å². The van der Waals surface area contributed by atoms with E-state index >= 15 is 0 Å². The zero-order valence-corrected chi connectivity index (χ0v) is 16.6. The molecule has 1 unspecified atom stereocenters. The van der Waals surface area contributed by atoms with Crippen molar-refractivity contribution in [3.63, 3.8) is 0 Å². The van der Waals surface area contributed by atoms with Gasteiger partial charge in [0.2, 0.25) is 0 Å². The van der Waals surface area contributed by atoms with Crippen LogP contribution in [0.25, 0.3) is 0 Å². The molecule has 1 aromatic heterocycles. The first-order chi connectivity index (χ1) is 12.0. The SMILES string of the molecule is CCNC(=NCC(C)(O)c1cccs1)NCC1(CCOC)CCCC1. The van der Waals surface area contributed by atoms with Gasteiger partial charge in [0.15, 0.2) is 5.96 Å². The van der Waals surface area contributed by atoms with Crippen LogP contribution in [0.2, 0.25) is 0 Å². The molecule has 142 valence electrons.